The Morgan fingerprint density at radius 2 is 2.04 bits per heavy atom. The molecule has 3 aliphatic rings. The quantitative estimate of drug-likeness (QED) is 0.251. The average molecular weight is 362 g/mol. The second kappa shape index (κ2) is 6.10. The summed E-state index contributed by atoms with van der Waals surface area (Å²) < 4.78 is 49.7. The fraction of sp³-hybridized carbons (Fsp3) is 0.714. The number of carbonyl (C=O) groups excluding carboxylic acids is 2. The Bertz CT molecular complexity index is 657. The van der Waals surface area contributed by atoms with Crippen molar-refractivity contribution in [1.29, 1.82) is 0 Å². The minimum Gasteiger partial charge on any atom is -0.460 e. The van der Waals surface area contributed by atoms with Crippen molar-refractivity contribution in [2.75, 3.05) is 19.8 Å². The molecule has 0 radical (unpaired) electrons. The molecule has 5 unspecified atom stereocenters. The molecule has 2 bridgehead atoms. The van der Waals surface area contributed by atoms with Crippen LogP contribution in [0.5, 0.6) is 0 Å². The number of fused-ring (bicyclic) bond motifs is 1. The van der Waals surface area contributed by atoms with Gasteiger partial charge in [-0.05, 0) is 13.3 Å². The first kappa shape index (κ1) is 17.3. The molecular formula is C14H18O9S. The van der Waals surface area contributed by atoms with Gasteiger partial charge in [-0.25, -0.2) is 9.59 Å². The molecule has 3 saturated heterocycles. The lowest BCUT2D eigenvalue weighted by atomic mass is 9.85. The van der Waals surface area contributed by atoms with Crippen LogP contribution in [0.4, 0.5) is 0 Å². The van der Waals surface area contributed by atoms with Crippen LogP contribution in [-0.4, -0.2) is 69.3 Å². The van der Waals surface area contributed by atoms with Gasteiger partial charge in [0.15, 0.2) is 0 Å². The minimum atomic E-state index is -3.67. The fourth-order valence-electron chi connectivity index (χ4n) is 3.39. The van der Waals surface area contributed by atoms with Gasteiger partial charge in [0, 0.05) is 6.08 Å². The molecule has 0 N–H and O–H groups in total. The maximum absolute atomic E-state index is 11.9. The van der Waals surface area contributed by atoms with E-state index in [4.69, 9.17) is 18.4 Å². The highest BCUT2D eigenvalue weighted by Crippen LogP contribution is 2.54. The molecule has 0 spiro atoms. The van der Waals surface area contributed by atoms with E-state index in [1.807, 2.05) is 0 Å². The van der Waals surface area contributed by atoms with E-state index >= 15 is 0 Å². The van der Waals surface area contributed by atoms with Crippen LogP contribution in [-0.2, 0) is 42.8 Å². The van der Waals surface area contributed by atoms with E-state index in [2.05, 4.69) is 11.3 Å². The summed E-state index contributed by atoms with van der Waals surface area (Å²) in [6, 6.07) is 0. The van der Waals surface area contributed by atoms with Gasteiger partial charge in [0.05, 0.1) is 6.10 Å². The zero-order chi connectivity index (χ0) is 17.5. The van der Waals surface area contributed by atoms with Crippen molar-refractivity contribution < 1.29 is 41.1 Å². The van der Waals surface area contributed by atoms with Crippen molar-refractivity contribution in [1.82, 2.24) is 0 Å². The third-order valence-electron chi connectivity index (χ3n) is 4.46. The smallest absolute Gasteiger partial charge is 0.332 e. The first-order valence-corrected chi connectivity index (χ1v) is 8.91. The summed E-state index contributed by atoms with van der Waals surface area (Å²) in [5, 5.41) is -0.689. The molecule has 134 valence electrons. The van der Waals surface area contributed by atoms with Crippen molar-refractivity contribution in [2.24, 2.45) is 0 Å². The Hall–Kier alpha value is -1.49. The molecule has 9 nitrogen and oxygen atoms in total. The van der Waals surface area contributed by atoms with E-state index < -0.39 is 51.2 Å². The monoisotopic (exact) mass is 362 g/mol. The van der Waals surface area contributed by atoms with Crippen LogP contribution >= 0.6 is 0 Å². The Balaban J connectivity index is 1.46. The molecule has 0 amide bonds. The van der Waals surface area contributed by atoms with E-state index in [1.165, 1.54) is 0 Å². The lowest BCUT2D eigenvalue weighted by Gasteiger charge is -2.26. The SMILES string of the molecule is C=CC(=O)OCCOC(=O)COC1C2CC3C(C)(O2)C1OS3(=O)=O. The summed E-state index contributed by atoms with van der Waals surface area (Å²) in [7, 11) is -3.67. The highest BCUT2D eigenvalue weighted by molar-refractivity contribution is 7.87. The van der Waals surface area contributed by atoms with Crippen molar-refractivity contribution in [3.05, 3.63) is 12.7 Å². The molecule has 0 aromatic carbocycles. The van der Waals surface area contributed by atoms with E-state index in [0.717, 1.165) is 6.08 Å². The molecule has 3 heterocycles. The number of carbonyl (C=O) groups is 2. The summed E-state index contributed by atoms with van der Waals surface area (Å²) >= 11 is 0. The largest absolute Gasteiger partial charge is 0.460 e. The van der Waals surface area contributed by atoms with Gasteiger partial charge in [0.2, 0.25) is 0 Å². The van der Waals surface area contributed by atoms with Crippen LogP contribution in [0.15, 0.2) is 12.7 Å². The van der Waals surface area contributed by atoms with Crippen molar-refractivity contribution in [3.8, 4) is 0 Å². The van der Waals surface area contributed by atoms with Crippen LogP contribution in [0.3, 0.4) is 0 Å². The number of hydrogen-bond acceptors (Lipinski definition) is 9. The van der Waals surface area contributed by atoms with Crippen molar-refractivity contribution >= 4 is 22.1 Å². The maximum atomic E-state index is 11.9. The highest BCUT2D eigenvalue weighted by atomic mass is 32.2. The van der Waals surface area contributed by atoms with Crippen LogP contribution in [0.2, 0.25) is 0 Å². The summed E-state index contributed by atoms with van der Waals surface area (Å²) in [5.74, 6) is -1.26. The van der Waals surface area contributed by atoms with E-state index in [1.54, 1.807) is 6.92 Å². The van der Waals surface area contributed by atoms with Crippen molar-refractivity contribution in [3.63, 3.8) is 0 Å². The molecule has 24 heavy (non-hydrogen) atoms. The van der Waals surface area contributed by atoms with E-state index in [-0.39, 0.29) is 26.2 Å². The average Bonchev–Trinajstić information content (AvgIpc) is 3.03. The molecule has 0 aromatic rings. The van der Waals surface area contributed by atoms with E-state index in [9.17, 15) is 18.0 Å². The Morgan fingerprint density at radius 3 is 2.75 bits per heavy atom. The number of ether oxygens (including phenoxy) is 4. The maximum Gasteiger partial charge on any atom is 0.332 e. The molecular weight excluding hydrogens is 344 g/mol. The number of rotatable bonds is 7. The van der Waals surface area contributed by atoms with Crippen LogP contribution in [0, 0.1) is 0 Å². The summed E-state index contributed by atoms with van der Waals surface area (Å²) in [5.41, 5.74) is -0.934. The van der Waals surface area contributed by atoms with Gasteiger partial charge in [-0.3, -0.25) is 4.18 Å². The first-order valence-electron chi connectivity index (χ1n) is 7.44. The second-order valence-corrected chi connectivity index (χ2v) is 7.69. The summed E-state index contributed by atoms with van der Waals surface area (Å²) in [4.78, 5) is 22.4. The van der Waals surface area contributed by atoms with Gasteiger partial charge >= 0.3 is 11.9 Å². The zero-order valence-electron chi connectivity index (χ0n) is 13.0. The molecule has 3 fully saturated rings. The van der Waals surface area contributed by atoms with Gasteiger partial charge in [-0.15, -0.1) is 0 Å². The predicted octanol–water partition coefficient (Wildman–Crippen LogP) is -0.698. The van der Waals surface area contributed by atoms with E-state index in [0.29, 0.717) is 0 Å². The minimum absolute atomic E-state index is 0.0878. The molecule has 0 aliphatic carbocycles. The number of hydrogen-bond donors (Lipinski definition) is 0. The first-order chi connectivity index (χ1) is 11.3. The van der Waals surface area contributed by atoms with Gasteiger partial charge in [0.1, 0.15) is 42.9 Å². The predicted molar refractivity (Wildman–Crippen MR) is 77.3 cm³/mol. The van der Waals surface area contributed by atoms with Gasteiger partial charge < -0.3 is 18.9 Å². The topological polar surface area (TPSA) is 114 Å². The van der Waals surface area contributed by atoms with Gasteiger partial charge in [0.25, 0.3) is 10.1 Å². The fourth-order valence-corrected chi connectivity index (χ4v) is 5.30. The summed E-state index contributed by atoms with van der Waals surface area (Å²) in [6.45, 7) is 4.34. The van der Waals surface area contributed by atoms with Crippen molar-refractivity contribution in [2.45, 2.75) is 42.5 Å². The standard InChI is InChI=1S/C14H18O9S/c1-3-10(15)19-4-5-20-11(16)7-21-12-8-6-9-14(2,22-8)13(12)23-24(9,17)18/h3,8-9,12-13H,1,4-7H2,2H3. The molecule has 10 heteroatoms. The van der Waals surface area contributed by atoms with Crippen LogP contribution < -0.4 is 0 Å². The molecule has 3 rings (SSSR count). The highest BCUT2D eigenvalue weighted by Gasteiger charge is 2.73. The lowest BCUT2D eigenvalue weighted by Crippen LogP contribution is -2.48. The lowest BCUT2D eigenvalue weighted by molar-refractivity contribution is -0.157. The third kappa shape index (κ3) is 2.83. The second-order valence-electron chi connectivity index (χ2n) is 5.94. The van der Waals surface area contributed by atoms with Gasteiger partial charge in [-0.1, -0.05) is 6.58 Å². The molecule has 0 saturated carbocycles. The zero-order valence-corrected chi connectivity index (χ0v) is 13.8. The Labute approximate surface area is 139 Å². The van der Waals surface area contributed by atoms with Crippen LogP contribution in [0.25, 0.3) is 0 Å². The molecule has 5 atom stereocenters. The Morgan fingerprint density at radius 1 is 1.33 bits per heavy atom. The normalized spacial score (nSPS) is 38.0. The summed E-state index contributed by atoms with van der Waals surface area (Å²) in [6.07, 6.45) is -0.540. The Kier molecular flexibility index (Phi) is 4.41. The van der Waals surface area contributed by atoms with Gasteiger partial charge in [-0.2, -0.15) is 8.42 Å². The third-order valence-corrected chi connectivity index (χ3v) is 6.29. The number of esters is 2. The molecule has 3 aliphatic heterocycles. The van der Waals surface area contributed by atoms with Crippen LogP contribution in [0.1, 0.15) is 13.3 Å². The molecule has 0 aromatic heterocycles.